The Bertz CT molecular complexity index is 543. The van der Waals surface area contributed by atoms with E-state index < -0.39 is 34.8 Å². The Morgan fingerprint density at radius 2 is 1.95 bits per heavy atom. The van der Waals surface area contributed by atoms with E-state index in [1.54, 1.807) is 6.92 Å². The van der Waals surface area contributed by atoms with Crippen molar-refractivity contribution >= 4 is 15.7 Å². The van der Waals surface area contributed by atoms with E-state index in [1.807, 2.05) is 0 Å². The number of hydrogen-bond acceptors (Lipinski definition) is 3. The maximum Gasteiger partial charge on any atom is 0.389 e. The molecule has 0 saturated heterocycles. The third-order valence-corrected chi connectivity index (χ3v) is 4.55. The van der Waals surface area contributed by atoms with Crippen LogP contribution in [0.15, 0.2) is 24.3 Å². The second kappa shape index (κ2) is 6.34. The van der Waals surface area contributed by atoms with Crippen molar-refractivity contribution in [2.75, 3.05) is 16.6 Å². The van der Waals surface area contributed by atoms with Gasteiger partial charge in [-0.3, -0.25) is 4.31 Å². The second-order valence-electron chi connectivity index (χ2n) is 4.22. The number of aromatic hydroxyl groups is 1. The molecule has 0 aromatic heterocycles. The lowest BCUT2D eigenvalue weighted by atomic mass is 10.3. The molecule has 0 spiro atoms. The highest BCUT2D eigenvalue weighted by Crippen LogP contribution is 2.25. The molecule has 0 aliphatic rings. The summed E-state index contributed by atoms with van der Waals surface area (Å²) in [6.07, 6.45) is -5.98. The summed E-state index contributed by atoms with van der Waals surface area (Å²) in [5.41, 5.74) is 0.236. The van der Waals surface area contributed by atoms with Crippen LogP contribution in [0.3, 0.4) is 0 Å². The van der Waals surface area contributed by atoms with Gasteiger partial charge in [0, 0.05) is 19.0 Å². The van der Waals surface area contributed by atoms with Crippen molar-refractivity contribution in [2.45, 2.75) is 25.9 Å². The molecule has 1 aromatic carbocycles. The van der Waals surface area contributed by atoms with Gasteiger partial charge in [0.05, 0.1) is 11.4 Å². The molecule has 0 atom stereocenters. The largest absolute Gasteiger partial charge is 0.508 e. The summed E-state index contributed by atoms with van der Waals surface area (Å²) in [4.78, 5) is 0. The lowest BCUT2D eigenvalue weighted by Gasteiger charge is -2.23. The molecule has 114 valence electrons. The zero-order chi connectivity index (χ0) is 15.4. The van der Waals surface area contributed by atoms with Crippen LogP contribution in [-0.2, 0) is 10.0 Å². The van der Waals surface area contributed by atoms with Gasteiger partial charge in [0.1, 0.15) is 5.75 Å². The number of nitrogens with zero attached hydrogens (tertiary/aromatic N) is 1. The third kappa shape index (κ3) is 4.92. The number of hydrogen-bond donors (Lipinski definition) is 1. The van der Waals surface area contributed by atoms with E-state index in [9.17, 15) is 26.7 Å². The van der Waals surface area contributed by atoms with Gasteiger partial charge in [-0.15, -0.1) is 0 Å². The van der Waals surface area contributed by atoms with Crippen LogP contribution in [0, 0.1) is 0 Å². The predicted molar refractivity (Wildman–Crippen MR) is 70.2 cm³/mol. The first-order valence-corrected chi connectivity index (χ1v) is 7.63. The van der Waals surface area contributed by atoms with Crippen molar-refractivity contribution in [1.82, 2.24) is 0 Å². The van der Waals surface area contributed by atoms with Gasteiger partial charge in [0.2, 0.25) is 10.0 Å². The zero-order valence-electron chi connectivity index (χ0n) is 10.9. The van der Waals surface area contributed by atoms with Crippen molar-refractivity contribution in [3.05, 3.63) is 24.3 Å². The lowest BCUT2D eigenvalue weighted by Crippen LogP contribution is -2.33. The number of sulfonamides is 1. The summed E-state index contributed by atoms with van der Waals surface area (Å²) in [6, 6.07) is 5.58. The molecule has 0 radical (unpaired) electrons. The number of benzene rings is 1. The normalized spacial score (nSPS) is 12.4. The molecule has 0 aliphatic heterocycles. The van der Waals surface area contributed by atoms with Crippen molar-refractivity contribution < 1.29 is 26.7 Å². The van der Waals surface area contributed by atoms with E-state index in [1.165, 1.54) is 24.3 Å². The minimum absolute atomic E-state index is 0.0812. The number of alkyl halides is 3. The Morgan fingerprint density at radius 1 is 1.30 bits per heavy atom. The smallest absolute Gasteiger partial charge is 0.389 e. The second-order valence-corrected chi connectivity index (χ2v) is 6.23. The Morgan fingerprint density at radius 3 is 2.45 bits per heavy atom. The first-order valence-electron chi connectivity index (χ1n) is 6.02. The van der Waals surface area contributed by atoms with Crippen molar-refractivity contribution in [3.8, 4) is 5.75 Å². The lowest BCUT2D eigenvalue weighted by molar-refractivity contribution is -0.134. The summed E-state index contributed by atoms with van der Waals surface area (Å²) in [5, 5.41) is 9.34. The fourth-order valence-corrected chi connectivity index (χ4v) is 3.31. The summed E-state index contributed by atoms with van der Waals surface area (Å²) in [7, 11) is -3.84. The molecule has 0 amide bonds. The first-order chi connectivity index (χ1) is 9.15. The van der Waals surface area contributed by atoms with Gasteiger partial charge >= 0.3 is 6.18 Å². The third-order valence-electron chi connectivity index (χ3n) is 2.60. The van der Waals surface area contributed by atoms with Gasteiger partial charge in [-0.1, -0.05) is 6.07 Å². The Hall–Kier alpha value is -1.44. The molecule has 0 unspecified atom stereocenters. The maximum absolute atomic E-state index is 12.0. The fourth-order valence-electron chi connectivity index (χ4n) is 1.75. The monoisotopic (exact) mass is 311 g/mol. The van der Waals surface area contributed by atoms with E-state index in [4.69, 9.17) is 0 Å². The Balaban J connectivity index is 2.83. The van der Waals surface area contributed by atoms with Gasteiger partial charge in [-0.05, 0) is 25.5 Å². The number of halogens is 3. The molecule has 0 bridgehead atoms. The van der Waals surface area contributed by atoms with E-state index in [0.29, 0.717) is 0 Å². The van der Waals surface area contributed by atoms with Crippen molar-refractivity contribution in [2.24, 2.45) is 0 Å². The number of phenols is 1. The molecule has 1 aromatic rings. The van der Waals surface area contributed by atoms with Crippen molar-refractivity contribution in [3.63, 3.8) is 0 Å². The maximum atomic E-state index is 12.0. The molecule has 8 heteroatoms. The molecular formula is C12H16F3NO3S. The van der Waals surface area contributed by atoms with E-state index in [2.05, 4.69) is 0 Å². The topological polar surface area (TPSA) is 57.6 Å². The Labute approximate surface area is 115 Å². The molecular weight excluding hydrogens is 295 g/mol. The van der Waals surface area contributed by atoms with Crippen LogP contribution in [0.2, 0.25) is 0 Å². The molecule has 0 heterocycles. The highest BCUT2D eigenvalue weighted by atomic mass is 32.2. The van der Waals surface area contributed by atoms with Crippen LogP contribution in [0.5, 0.6) is 5.75 Å². The van der Waals surface area contributed by atoms with Crippen LogP contribution in [0.25, 0.3) is 0 Å². The summed E-state index contributed by atoms with van der Waals surface area (Å²) < 4.78 is 61.2. The minimum atomic E-state index is -4.36. The predicted octanol–water partition coefficient (Wildman–Crippen LogP) is 2.89. The van der Waals surface area contributed by atoms with Crippen LogP contribution in [-0.4, -0.2) is 32.0 Å². The summed E-state index contributed by atoms with van der Waals surface area (Å²) >= 11 is 0. The average Bonchev–Trinajstić information content (AvgIpc) is 2.27. The number of rotatable bonds is 6. The molecule has 0 aliphatic carbocycles. The number of phenolic OH excluding ortho intramolecular Hbond substituents is 1. The standard InChI is InChI=1S/C12H16F3NO3S/c1-2-16(10-5-3-6-11(17)9-10)20(18,19)8-4-7-12(13,14)15/h3,5-6,9,17H,2,4,7-8H2,1H3. The van der Waals surface area contributed by atoms with E-state index >= 15 is 0 Å². The fraction of sp³-hybridized carbons (Fsp3) is 0.500. The van der Waals surface area contributed by atoms with E-state index in [0.717, 1.165) is 4.31 Å². The van der Waals surface area contributed by atoms with Crippen LogP contribution in [0.1, 0.15) is 19.8 Å². The highest BCUT2D eigenvalue weighted by Gasteiger charge is 2.29. The van der Waals surface area contributed by atoms with E-state index in [-0.39, 0.29) is 18.0 Å². The first kappa shape index (κ1) is 16.6. The molecule has 1 rings (SSSR count). The minimum Gasteiger partial charge on any atom is -0.508 e. The van der Waals surface area contributed by atoms with Gasteiger partial charge in [-0.2, -0.15) is 13.2 Å². The summed E-state index contributed by atoms with van der Waals surface area (Å²) in [5.74, 6) is -0.692. The zero-order valence-corrected chi connectivity index (χ0v) is 11.7. The van der Waals surface area contributed by atoms with Gasteiger partial charge < -0.3 is 5.11 Å². The highest BCUT2D eigenvalue weighted by molar-refractivity contribution is 7.92. The quantitative estimate of drug-likeness (QED) is 0.879. The number of anilines is 1. The molecule has 0 saturated carbocycles. The molecule has 1 N–H and O–H groups in total. The molecule has 4 nitrogen and oxygen atoms in total. The van der Waals surface area contributed by atoms with Crippen molar-refractivity contribution in [1.29, 1.82) is 0 Å². The Kier molecular flexibility index (Phi) is 5.27. The van der Waals surface area contributed by atoms with Gasteiger partial charge in [-0.25, -0.2) is 8.42 Å². The summed E-state index contributed by atoms with van der Waals surface area (Å²) in [6.45, 7) is 1.66. The SMILES string of the molecule is CCN(c1cccc(O)c1)S(=O)(=O)CCCC(F)(F)F. The molecule has 20 heavy (non-hydrogen) atoms. The van der Waals surface area contributed by atoms with Crippen LogP contribution < -0.4 is 4.31 Å². The van der Waals surface area contributed by atoms with Crippen LogP contribution in [0.4, 0.5) is 18.9 Å². The van der Waals surface area contributed by atoms with Gasteiger partial charge in [0.15, 0.2) is 0 Å². The van der Waals surface area contributed by atoms with Gasteiger partial charge in [0.25, 0.3) is 0 Å². The average molecular weight is 311 g/mol. The van der Waals surface area contributed by atoms with Crippen LogP contribution >= 0.6 is 0 Å². The molecule has 0 fully saturated rings.